The maximum Gasteiger partial charge on any atom is 0.0908 e. The number of ether oxygens (including phenoxy) is 1. The van der Waals surface area contributed by atoms with Gasteiger partial charge in [0.2, 0.25) is 0 Å². The van der Waals surface area contributed by atoms with Gasteiger partial charge in [-0.25, -0.2) is 0 Å². The lowest BCUT2D eigenvalue weighted by atomic mass is 9.96. The molecule has 10 heavy (non-hydrogen) atoms. The quantitative estimate of drug-likeness (QED) is 0.441. The second-order valence-corrected chi connectivity index (χ2v) is 2.79. The average molecular weight is 142 g/mol. The fourth-order valence-electron chi connectivity index (χ4n) is 1.26. The van der Waals surface area contributed by atoms with Gasteiger partial charge in [-0.2, -0.15) is 0 Å². The molecule has 0 spiro atoms. The highest BCUT2D eigenvalue weighted by Crippen LogP contribution is 2.17. The Morgan fingerprint density at radius 2 is 2.10 bits per heavy atom. The summed E-state index contributed by atoms with van der Waals surface area (Å²) in [5.74, 6) is 0.915. The molecular weight excluding hydrogens is 128 g/mol. The van der Waals surface area contributed by atoms with E-state index in [9.17, 15) is 0 Å². The summed E-state index contributed by atoms with van der Waals surface area (Å²) in [4.78, 5) is 0. The van der Waals surface area contributed by atoms with Gasteiger partial charge in [0.05, 0.1) is 5.84 Å². The van der Waals surface area contributed by atoms with Crippen molar-refractivity contribution in [3.8, 4) is 0 Å². The van der Waals surface area contributed by atoms with Gasteiger partial charge in [-0.15, -0.1) is 0 Å². The average Bonchev–Trinajstić information content (AvgIpc) is 1.88. The van der Waals surface area contributed by atoms with Crippen LogP contribution < -0.4 is 5.73 Å². The van der Waals surface area contributed by atoms with Gasteiger partial charge in [-0.05, 0) is 18.8 Å². The Balaban J connectivity index is 2.19. The molecule has 1 rings (SSSR count). The summed E-state index contributed by atoms with van der Waals surface area (Å²) >= 11 is 0. The second-order valence-electron chi connectivity index (χ2n) is 2.79. The predicted octanol–water partition coefficient (Wildman–Crippen LogP) is 0.739. The van der Waals surface area contributed by atoms with Crippen LogP contribution in [0.4, 0.5) is 0 Å². The molecule has 0 bridgehead atoms. The first-order valence-electron chi connectivity index (χ1n) is 3.69. The van der Waals surface area contributed by atoms with Crippen LogP contribution in [0.3, 0.4) is 0 Å². The van der Waals surface area contributed by atoms with E-state index in [1.807, 2.05) is 0 Å². The molecule has 1 heterocycles. The Kier molecular flexibility index (Phi) is 2.68. The minimum Gasteiger partial charge on any atom is -0.388 e. The molecule has 0 aromatic heterocycles. The van der Waals surface area contributed by atoms with Gasteiger partial charge in [0.15, 0.2) is 0 Å². The summed E-state index contributed by atoms with van der Waals surface area (Å²) in [6.45, 7) is 1.69. The van der Waals surface area contributed by atoms with Crippen LogP contribution in [0.2, 0.25) is 0 Å². The van der Waals surface area contributed by atoms with Gasteiger partial charge < -0.3 is 10.5 Å². The van der Waals surface area contributed by atoms with Crippen LogP contribution in [0, 0.1) is 11.3 Å². The van der Waals surface area contributed by atoms with Crippen molar-refractivity contribution in [2.75, 3.05) is 13.2 Å². The molecule has 0 aliphatic carbocycles. The van der Waals surface area contributed by atoms with Gasteiger partial charge >= 0.3 is 0 Å². The molecule has 0 radical (unpaired) electrons. The van der Waals surface area contributed by atoms with Crippen molar-refractivity contribution in [1.82, 2.24) is 0 Å². The molecular formula is C7H14N2O. The molecule has 1 fully saturated rings. The van der Waals surface area contributed by atoms with Crippen LogP contribution in [0.15, 0.2) is 0 Å². The van der Waals surface area contributed by atoms with E-state index in [4.69, 9.17) is 15.9 Å². The van der Waals surface area contributed by atoms with Crippen molar-refractivity contribution in [3.63, 3.8) is 0 Å². The van der Waals surface area contributed by atoms with Gasteiger partial charge in [-0.3, -0.25) is 5.41 Å². The smallest absolute Gasteiger partial charge is 0.0908 e. The summed E-state index contributed by atoms with van der Waals surface area (Å²) in [5, 5.41) is 7.07. The van der Waals surface area contributed by atoms with Gasteiger partial charge in [0, 0.05) is 19.6 Å². The summed E-state index contributed by atoms with van der Waals surface area (Å²) in [6, 6.07) is 0. The molecule has 1 aliphatic rings. The maximum atomic E-state index is 7.07. The first-order chi connectivity index (χ1) is 4.79. The van der Waals surface area contributed by atoms with Crippen molar-refractivity contribution in [2.24, 2.45) is 11.7 Å². The fourth-order valence-corrected chi connectivity index (χ4v) is 1.26. The zero-order chi connectivity index (χ0) is 7.40. The summed E-state index contributed by atoms with van der Waals surface area (Å²) in [5.41, 5.74) is 5.27. The normalized spacial score (nSPS) is 20.8. The van der Waals surface area contributed by atoms with E-state index in [0.717, 1.165) is 32.5 Å². The van der Waals surface area contributed by atoms with E-state index < -0.39 is 0 Å². The highest BCUT2D eigenvalue weighted by Gasteiger charge is 2.13. The molecule has 0 aromatic rings. The van der Waals surface area contributed by atoms with Crippen LogP contribution in [0.25, 0.3) is 0 Å². The van der Waals surface area contributed by atoms with Crippen molar-refractivity contribution in [3.05, 3.63) is 0 Å². The number of nitrogens with two attached hydrogens (primary N) is 1. The number of rotatable bonds is 2. The van der Waals surface area contributed by atoms with E-state index >= 15 is 0 Å². The van der Waals surface area contributed by atoms with Crippen molar-refractivity contribution >= 4 is 5.84 Å². The number of hydrogen-bond donors (Lipinski definition) is 2. The highest BCUT2D eigenvalue weighted by atomic mass is 16.5. The topological polar surface area (TPSA) is 59.1 Å². The molecule has 0 amide bonds. The molecule has 3 heteroatoms. The van der Waals surface area contributed by atoms with Crippen LogP contribution in [0.1, 0.15) is 19.3 Å². The van der Waals surface area contributed by atoms with Crippen LogP contribution >= 0.6 is 0 Å². The molecule has 3 nitrogen and oxygen atoms in total. The van der Waals surface area contributed by atoms with Crippen molar-refractivity contribution in [2.45, 2.75) is 19.3 Å². The molecule has 0 atom stereocenters. The fraction of sp³-hybridized carbons (Fsp3) is 0.857. The van der Waals surface area contributed by atoms with Gasteiger partial charge in [0.25, 0.3) is 0 Å². The minimum absolute atomic E-state index is 0.312. The van der Waals surface area contributed by atoms with E-state index in [1.54, 1.807) is 0 Å². The predicted molar refractivity (Wildman–Crippen MR) is 40.1 cm³/mol. The number of hydrogen-bond acceptors (Lipinski definition) is 2. The molecule has 1 aliphatic heterocycles. The molecule has 0 unspecified atom stereocenters. The van der Waals surface area contributed by atoms with Crippen molar-refractivity contribution in [1.29, 1.82) is 5.41 Å². The molecule has 1 saturated heterocycles. The zero-order valence-electron chi connectivity index (χ0n) is 6.10. The summed E-state index contributed by atoms with van der Waals surface area (Å²) in [7, 11) is 0. The third-order valence-electron chi connectivity index (χ3n) is 1.85. The van der Waals surface area contributed by atoms with Crippen LogP contribution in [-0.2, 0) is 4.74 Å². The largest absolute Gasteiger partial charge is 0.388 e. The Hall–Kier alpha value is -0.570. The Morgan fingerprint density at radius 3 is 2.60 bits per heavy atom. The van der Waals surface area contributed by atoms with E-state index in [-0.39, 0.29) is 0 Å². The van der Waals surface area contributed by atoms with Gasteiger partial charge in [0.1, 0.15) is 0 Å². The van der Waals surface area contributed by atoms with Gasteiger partial charge in [-0.1, -0.05) is 0 Å². The zero-order valence-corrected chi connectivity index (χ0v) is 6.10. The lowest BCUT2D eigenvalue weighted by molar-refractivity contribution is 0.0683. The summed E-state index contributed by atoms with van der Waals surface area (Å²) in [6.07, 6.45) is 2.89. The van der Waals surface area contributed by atoms with Crippen LogP contribution in [0.5, 0.6) is 0 Å². The van der Waals surface area contributed by atoms with Crippen molar-refractivity contribution < 1.29 is 4.74 Å². The Morgan fingerprint density at radius 1 is 1.50 bits per heavy atom. The molecule has 0 aromatic carbocycles. The number of nitrogens with one attached hydrogen (secondary N) is 1. The van der Waals surface area contributed by atoms with Crippen LogP contribution in [-0.4, -0.2) is 19.0 Å². The Bertz CT molecular complexity index is 119. The third kappa shape index (κ3) is 2.35. The standard InChI is InChI=1S/C7H14N2O/c8-7(9)5-6-1-3-10-4-2-6/h6H,1-5H2,(H3,8,9). The minimum atomic E-state index is 0.312. The first kappa shape index (κ1) is 7.54. The molecule has 3 N–H and O–H groups in total. The first-order valence-corrected chi connectivity index (χ1v) is 3.69. The third-order valence-corrected chi connectivity index (χ3v) is 1.85. The monoisotopic (exact) mass is 142 g/mol. The highest BCUT2D eigenvalue weighted by molar-refractivity contribution is 5.77. The molecule has 0 saturated carbocycles. The molecule has 58 valence electrons. The number of amidine groups is 1. The lowest BCUT2D eigenvalue weighted by Gasteiger charge is -2.20. The summed E-state index contributed by atoms with van der Waals surface area (Å²) < 4.78 is 5.17. The maximum absolute atomic E-state index is 7.07. The van der Waals surface area contributed by atoms with E-state index in [2.05, 4.69) is 0 Å². The van der Waals surface area contributed by atoms with E-state index in [0.29, 0.717) is 11.8 Å². The lowest BCUT2D eigenvalue weighted by Crippen LogP contribution is -2.21. The SMILES string of the molecule is N=C(N)CC1CCOCC1. The Labute approximate surface area is 61.1 Å². The van der Waals surface area contributed by atoms with E-state index in [1.165, 1.54) is 0 Å². The second kappa shape index (κ2) is 3.56.